The number of aryl methyl sites for hydroxylation is 1. The van der Waals surface area contributed by atoms with Gasteiger partial charge in [-0.3, -0.25) is 4.79 Å². The maximum absolute atomic E-state index is 10.4. The summed E-state index contributed by atoms with van der Waals surface area (Å²) >= 11 is 0. The van der Waals surface area contributed by atoms with E-state index in [2.05, 4.69) is 10.3 Å². The van der Waals surface area contributed by atoms with Crippen LogP contribution in [0.1, 0.15) is 43.8 Å². The molecular formula is C11H17N3O3. The molecule has 0 spiro atoms. The van der Waals surface area contributed by atoms with Crippen molar-refractivity contribution in [2.75, 3.05) is 0 Å². The number of rotatable bonds is 4. The molecule has 1 heterocycles. The minimum absolute atomic E-state index is 0.00479. The average Bonchev–Trinajstić information content (AvgIpc) is 2.75. The van der Waals surface area contributed by atoms with E-state index in [1.54, 1.807) is 10.9 Å². The van der Waals surface area contributed by atoms with Gasteiger partial charge in [-0.05, 0) is 12.8 Å². The molecule has 17 heavy (non-hydrogen) atoms. The molecule has 0 saturated heterocycles. The fraction of sp³-hybridized carbons (Fsp3) is 0.727. The first-order valence-corrected chi connectivity index (χ1v) is 5.97. The lowest BCUT2D eigenvalue weighted by Crippen LogP contribution is -2.27. The Hall–Kier alpha value is -1.43. The fourth-order valence-corrected chi connectivity index (χ4v) is 2.23. The SMILES string of the molecule is O=C(O)CCc1cn(C2CCCCC2O)nn1. The number of aliphatic hydroxyl groups is 1. The summed E-state index contributed by atoms with van der Waals surface area (Å²) in [7, 11) is 0. The van der Waals surface area contributed by atoms with Crippen molar-refractivity contribution in [1.82, 2.24) is 15.0 Å². The van der Waals surface area contributed by atoms with Crippen LogP contribution in [0.25, 0.3) is 0 Å². The monoisotopic (exact) mass is 239 g/mol. The summed E-state index contributed by atoms with van der Waals surface area (Å²) in [6.45, 7) is 0. The molecule has 1 aromatic rings. The Bertz CT molecular complexity index is 391. The van der Waals surface area contributed by atoms with Crippen molar-refractivity contribution < 1.29 is 15.0 Å². The normalized spacial score (nSPS) is 24.8. The van der Waals surface area contributed by atoms with Gasteiger partial charge in [0.1, 0.15) is 0 Å². The quantitative estimate of drug-likeness (QED) is 0.810. The van der Waals surface area contributed by atoms with Crippen LogP contribution in [0.5, 0.6) is 0 Å². The number of carboxylic acid groups (broad SMARTS) is 1. The van der Waals surface area contributed by atoms with Crippen LogP contribution in [0.3, 0.4) is 0 Å². The molecule has 2 unspecified atom stereocenters. The predicted octanol–water partition coefficient (Wildman–Crippen LogP) is 0.771. The largest absolute Gasteiger partial charge is 0.481 e. The summed E-state index contributed by atoms with van der Waals surface area (Å²) in [4.78, 5) is 10.4. The summed E-state index contributed by atoms with van der Waals surface area (Å²) in [6, 6.07) is -0.00479. The molecule has 94 valence electrons. The molecule has 2 atom stereocenters. The highest BCUT2D eigenvalue weighted by Gasteiger charge is 2.25. The fourth-order valence-electron chi connectivity index (χ4n) is 2.23. The number of aliphatic carboxylic acids is 1. The number of carbonyl (C=O) groups is 1. The van der Waals surface area contributed by atoms with Crippen LogP contribution < -0.4 is 0 Å². The van der Waals surface area contributed by atoms with Crippen LogP contribution in [0.4, 0.5) is 0 Å². The van der Waals surface area contributed by atoms with Gasteiger partial charge in [0, 0.05) is 12.6 Å². The van der Waals surface area contributed by atoms with Crippen molar-refractivity contribution in [3.63, 3.8) is 0 Å². The number of nitrogens with zero attached hydrogens (tertiary/aromatic N) is 3. The molecule has 1 aliphatic carbocycles. The van der Waals surface area contributed by atoms with E-state index < -0.39 is 5.97 Å². The molecule has 0 aliphatic heterocycles. The lowest BCUT2D eigenvalue weighted by Gasteiger charge is -2.27. The Kier molecular flexibility index (Phi) is 3.73. The number of carboxylic acids is 1. The van der Waals surface area contributed by atoms with Crippen molar-refractivity contribution in [1.29, 1.82) is 0 Å². The maximum atomic E-state index is 10.4. The number of hydrogen-bond donors (Lipinski definition) is 2. The average molecular weight is 239 g/mol. The van der Waals surface area contributed by atoms with E-state index in [9.17, 15) is 9.90 Å². The second-order valence-electron chi connectivity index (χ2n) is 4.50. The Balaban J connectivity index is 1.99. The molecule has 2 rings (SSSR count). The van der Waals surface area contributed by atoms with Gasteiger partial charge in [0.25, 0.3) is 0 Å². The zero-order chi connectivity index (χ0) is 12.3. The van der Waals surface area contributed by atoms with E-state index in [-0.39, 0.29) is 18.6 Å². The van der Waals surface area contributed by atoms with Crippen molar-refractivity contribution in [3.05, 3.63) is 11.9 Å². The standard InChI is InChI=1S/C11H17N3O3/c15-10-4-2-1-3-9(10)14-7-8(12-13-14)5-6-11(16)17/h7,9-10,15H,1-6H2,(H,16,17). The van der Waals surface area contributed by atoms with Gasteiger partial charge < -0.3 is 10.2 Å². The Labute approximate surface area is 99.3 Å². The second-order valence-corrected chi connectivity index (χ2v) is 4.50. The van der Waals surface area contributed by atoms with E-state index in [4.69, 9.17) is 5.11 Å². The Morgan fingerprint density at radius 1 is 1.47 bits per heavy atom. The first kappa shape index (κ1) is 12.0. The zero-order valence-electron chi connectivity index (χ0n) is 9.62. The third-order valence-electron chi connectivity index (χ3n) is 3.19. The van der Waals surface area contributed by atoms with Crippen LogP contribution in [-0.4, -0.2) is 37.3 Å². The van der Waals surface area contributed by atoms with Gasteiger partial charge in [0.2, 0.25) is 0 Å². The van der Waals surface area contributed by atoms with E-state index in [1.807, 2.05) is 0 Å². The molecule has 0 radical (unpaired) electrons. The zero-order valence-corrected chi connectivity index (χ0v) is 9.62. The van der Waals surface area contributed by atoms with Gasteiger partial charge in [-0.15, -0.1) is 5.10 Å². The summed E-state index contributed by atoms with van der Waals surface area (Å²) < 4.78 is 1.68. The predicted molar refractivity (Wildman–Crippen MR) is 59.5 cm³/mol. The van der Waals surface area contributed by atoms with Crippen molar-refractivity contribution >= 4 is 5.97 Å². The van der Waals surface area contributed by atoms with Crippen LogP contribution in [0.2, 0.25) is 0 Å². The lowest BCUT2D eigenvalue weighted by atomic mass is 9.93. The van der Waals surface area contributed by atoms with Crippen molar-refractivity contribution in [2.45, 2.75) is 50.7 Å². The topological polar surface area (TPSA) is 88.2 Å². The summed E-state index contributed by atoms with van der Waals surface area (Å²) in [6.07, 6.45) is 5.69. The van der Waals surface area contributed by atoms with Crippen LogP contribution in [0, 0.1) is 0 Å². The summed E-state index contributed by atoms with van der Waals surface area (Å²) in [5.74, 6) is -0.836. The first-order valence-electron chi connectivity index (χ1n) is 5.97. The lowest BCUT2D eigenvalue weighted by molar-refractivity contribution is -0.136. The van der Waals surface area contributed by atoms with Gasteiger partial charge in [0.15, 0.2) is 0 Å². The molecule has 0 amide bonds. The maximum Gasteiger partial charge on any atom is 0.303 e. The Morgan fingerprint density at radius 2 is 2.24 bits per heavy atom. The van der Waals surface area contributed by atoms with Crippen LogP contribution in [-0.2, 0) is 11.2 Å². The molecule has 6 nitrogen and oxygen atoms in total. The smallest absolute Gasteiger partial charge is 0.303 e. The van der Waals surface area contributed by atoms with Crippen molar-refractivity contribution in [2.24, 2.45) is 0 Å². The molecule has 1 fully saturated rings. The van der Waals surface area contributed by atoms with Gasteiger partial charge in [0.05, 0.1) is 24.3 Å². The van der Waals surface area contributed by atoms with Crippen LogP contribution >= 0.6 is 0 Å². The van der Waals surface area contributed by atoms with Gasteiger partial charge >= 0.3 is 5.97 Å². The minimum Gasteiger partial charge on any atom is -0.481 e. The van der Waals surface area contributed by atoms with Gasteiger partial charge in [-0.25, -0.2) is 4.68 Å². The Morgan fingerprint density at radius 3 is 2.94 bits per heavy atom. The van der Waals surface area contributed by atoms with E-state index in [0.29, 0.717) is 12.1 Å². The molecule has 1 aliphatic rings. The van der Waals surface area contributed by atoms with Gasteiger partial charge in [-0.1, -0.05) is 18.1 Å². The number of hydrogen-bond acceptors (Lipinski definition) is 4. The third-order valence-corrected chi connectivity index (χ3v) is 3.19. The summed E-state index contributed by atoms with van der Waals surface area (Å²) in [5.41, 5.74) is 0.671. The molecule has 2 N–H and O–H groups in total. The van der Waals surface area contributed by atoms with E-state index in [0.717, 1.165) is 25.7 Å². The molecule has 6 heteroatoms. The highest BCUT2D eigenvalue weighted by molar-refractivity contribution is 5.66. The molecule has 1 saturated carbocycles. The van der Waals surface area contributed by atoms with E-state index in [1.165, 1.54) is 0 Å². The summed E-state index contributed by atoms with van der Waals surface area (Å²) in [5, 5.41) is 26.4. The van der Waals surface area contributed by atoms with Gasteiger partial charge in [-0.2, -0.15) is 0 Å². The van der Waals surface area contributed by atoms with Crippen molar-refractivity contribution in [3.8, 4) is 0 Å². The molecule has 0 aromatic carbocycles. The molecular weight excluding hydrogens is 222 g/mol. The van der Waals surface area contributed by atoms with Crippen LogP contribution in [0.15, 0.2) is 6.20 Å². The molecule has 1 aromatic heterocycles. The number of aliphatic hydroxyl groups excluding tert-OH is 1. The minimum atomic E-state index is -0.836. The molecule has 0 bridgehead atoms. The third kappa shape index (κ3) is 3.03. The second kappa shape index (κ2) is 5.27. The van der Waals surface area contributed by atoms with E-state index >= 15 is 0 Å². The highest BCUT2D eigenvalue weighted by Crippen LogP contribution is 2.27. The highest BCUT2D eigenvalue weighted by atomic mass is 16.4. The first-order chi connectivity index (χ1) is 8.16. The number of aromatic nitrogens is 3.